The van der Waals surface area contributed by atoms with Crippen molar-refractivity contribution in [3.63, 3.8) is 0 Å². The first-order valence-electron chi connectivity index (χ1n) is 6.45. The molecule has 1 rings (SSSR count). The molecule has 1 aromatic heterocycles. The highest BCUT2D eigenvalue weighted by Crippen LogP contribution is 2.33. The molecular formula is C13H25N3O2. The molecule has 18 heavy (non-hydrogen) atoms. The summed E-state index contributed by atoms with van der Waals surface area (Å²) in [6.07, 6.45) is 1.59. The van der Waals surface area contributed by atoms with E-state index in [0.717, 1.165) is 12.8 Å². The van der Waals surface area contributed by atoms with Crippen LogP contribution in [0.5, 0.6) is 0 Å². The highest BCUT2D eigenvalue weighted by Gasteiger charge is 2.36. The normalized spacial score (nSPS) is 14.8. The van der Waals surface area contributed by atoms with Crippen molar-refractivity contribution in [1.82, 2.24) is 10.1 Å². The highest BCUT2D eigenvalue weighted by atomic mass is 16.5. The van der Waals surface area contributed by atoms with E-state index in [1.54, 1.807) is 7.11 Å². The fourth-order valence-electron chi connectivity index (χ4n) is 1.86. The third-order valence-electron chi connectivity index (χ3n) is 3.58. The number of rotatable bonds is 5. The second-order valence-electron chi connectivity index (χ2n) is 5.71. The van der Waals surface area contributed by atoms with Crippen LogP contribution in [0.25, 0.3) is 0 Å². The molecule has 1 atom stereocenters. The van der Waals surface area contributed by atoms with Crippen LogP contribution in [-0.4, -0.2) is 17.3 Å². The van der Waals surface area contributed by atoms with Gasteiger partial charge in [-0.25, -0.2) is 0 Å². The molecule has 0 aliphatic carbocycles. The van der Waals surface area contributed by atoms with Gasteiger partial charge in [-0.2, -0.15) is 4.98 Å². The van der Waals surface area contributed by atoms with Crippen molar-refractivity contribution in [3.05, 3.63) is 11.7 Å². The van der Waals surface area contributed by atoms with Gasteiger partial charge in [0.2, 0.25) is 11.7 Å². The predicted molar refractivity (Wildman–Crippen MR) is 70.0 cm³/mol. The quantitative estimate of drug-likeness (QED) is 0.875. The van der Waals surface area contributed by atoms with E-state index in [9.17, 15) is 0 Å². The average Bonchev–Trinajstić information content (AvgIpc) is 2.80. The van der Waals surface area contributed by atoms with Gasteiger partial charge in [0, 0.05) is 7.11 Å². The molecule has 104 valence electrons. The maximum atomic E-state index is 6.12. The van der Waals surface area contributed by atoms with Gasteiger partial charge >= 0.3 is 0 Å². The van der Waals surface area contributed by atoms with Gasteiger partial charge in [-0.3, -0.25) is 0 Å². The Morgan fingerprint density at radius 2 is 1.83 bits per heavy atom. The molecule has 5 nitrogen and oxygen atoms in total. The molecule has 2 N–H and O–H groups in total. The first-order valence-corrected chi connectivity index (χ1v) is 6.45. The summed E-state index contributed by atoms with van der Waals surface area (Å²) in [5.41, 5.74) is 5.53. The fraction of sp³-hybridized carbons (Fsp3) is 0.846. The van der Waals surface area contributed by atoms with Crippen LogP contribution in [-0.2, 0) is 10.3 Å². The van der Waals surface area contributed by atoms with Crippen molar-refractivity contribution in [2.75, 3.05) is 7.11 Å². The number of aromatic nitrogens is 2. The number of methoxy groups -OCH3 is 1. The standard InChI is InChI=1S/C13H25N3O2/c1-7-13(8-2,17-6)11-15-10(18-16-11)9(14)12(3,4)5/h9H,7-8,14H2,1-6H3/t9-/m0/s1. The third kappa shape index (κ3) is 2.72. The van der Waals surface area contributed by atoms with E-state index in [1.165, 1.54) is 0 Å². The lowest BCUT2D eigenvalue weighted by Crippen LogP contribution is -2.29. The molecule has 0 saturated heterocycles. The molecule has 0 aromatic carbocycles. The Morgan fingerprint density at radius 1 is 1.28 bits per heavy atom. The lowest BCUT2D eigenvalue weighted by atomic mass is 9.87. The topological polar surface area (TPSA) is 74.2 Å². The van der Waals surface area contributed by atoms with E-state index < -0.39 is 5.60 Å². The second-order valence-corrected chi connectivity index (χ2v) is 5.71. The SMILES string of the molecule is CCC(CC)(OC)c1noc([C@H](N)C(C)(C)C)n1. The summed E-state index contributed by atoms with van der Waals surface area (Å²) < 4.78 is 10.9. The molecular weight excluding hydrogens is 230 g/mol. The summed E-state index contributed by atoms with van der Waals surface area (Å²) in [6.45, 7) is 10.2. The largest absolute Gasteiger partial charge is 0.370 e. The zero-order valence-electron chi connectivity index (χ0n) is 12.3. The van der Waals surface area contributed by atoms with Gasteiger partial charge in [0.25, 0.3) is 0 Å². The monoisotopic (exact) mass is 255 g/mol. The van der Waals surface area contributed by atoms with Crippen LogP contribution in [0.1, 0.15) is 65.2 Å². The molecule has 0 aliphatic heterocycles. The Hall–Kier alpha value is -0.940. The Labute approximate surface area is 109 Å². The minimum Gasteiger partial charge on any atom is -0.370 e. The highest BCUT2D eigenvalue weighted by molar-refractivity contribution is 5.04. The number of hydrogen-bond donors (Lipinski definition) is 1. The van der Waals surface area contributed by atoms with Crippen LogP contribution >= 0.6 is 0 Å². The Morgan fingerprint density at radius 3 is 2.22 bits per heavy atom. The summed E-state index contributed by atoms with van der Waals surface area (Å²) in [7, 11) is 1.67. The van der Waals surface area contributed by atoms with Gasteiger partial charge in [0.15, 0.2) is 0 Å². The average molecular weight is 255 g/mol. The minimum absolute atomic E-state index is 0.113. The van der Waals surface area contributed by atoms with Gasteiger partial charge in [-0.15, -0.1) is 0 Å². The van der Waals surface area contributed by atoms with Crippen LogP contribution in [0.2, 0.25) is 0 Å². The molecule has 0 spiro atoms. The van der Waals surface area contributed by atoms with Crippen LogP contribution in [0, 0.1) is 5.41 Å². The van der Waals surface area contributed by atoms with Crippen molar-refractivity contribution in [3.8, 4) is 0 Å². The van der Waals surface area contributed by atoms with Crippen LogP contribution in [0.4, 0.5) is 0 Å². The number of nitrogens with zero attached hydrogens (tertiary/aromatic N) is 2. The molecule has 0 bridgehead atoms. The van der Waals surface area contributed by atoms with E-state index in [0.29, 0.717) is 11.7 Å². The number of hydrogen-bond acceptors (Lipinski definition) is 5. The molecule has 0 fully saturated rings. The van der Waals surface area contributed by atoms with Crippen LogP contribution < -0.4 is 5.73 Å². The Balaban J connectivity index is 3.06. The number of ether oxygens (including phenoxy) is 1. The maximum Gasteiger partial charge on any atom is 0.244 e. The molecule has 0 saturated carbocycles. The molecule has 0 unspecified atom stereocenters. The van der Waals surface area contributed by atoms with Gasteiger partial charge in [0.1, 0.15) is 5.60 Å². The summed E-state index contributed by atoms with van der Waals surface area (Å²) in [5.74, 6) is 1.06. The van der Waals surface area contributed by atoms with Crippen LogP contribution in [0.15, 0.2) is 4.52 Å². The van der Waals surface area contributed by atoms with E-state index in [4.69, 9.17) is 15.0 Å². The van der Waals surface area contributed by atoms with E-state index in [2.05, 4.69) is 10.1 Å². The van der Waals surface area contributed by atoms with E-state index in [1.807, 2.05) is 34.6 Å². The molecule has 0 amide bonds. The van der Waals surface area contributed by atoms with Gasteiger partial charge in [-0.05, 0) is 18.3 Å². The summed E-state index contributed by atoms with van der Waals surface area (Å²) in [6, 6.07) is -0.276. The molecule has 0 radical (unpaired) electrons. The van der Waals surface area contributed by atoms with E-state index in [-0.39, 0.29) is 11.5 Å². The first kappa shape index (κ1) is 15.1. The van der Waals surface area contributed by atoms with Crippen molar-refractivity contribution in [1.29, 1.82) is 0 Å². The molecule has 5 heteroatoms. The maximum absolute atomic E-state index is 6.12. The first-order chi connectivity index (χ1) is 8.30. The number of nitrogens with two attached hydrogens (primary N) is 1. The lowest BCUT2D eigenvalue weighted by molar-refractivity contribution is -0.0306. The summed E-state index contributed by atoms with van der Waals surface area (Å²) in [5, 5.41) is 4.04. The van der Waals surface area contributed by atoms with Crippen molar-refractivity contribution in [2.24, 2.45) is 11.1 Å². The third-order valence-corrected chi connectivity index (χ3v) is 3.58. The van der Waals surface area contributed by atoms with Crippen molar-refractivity contribution < 1.29 is 9.26 Å². The van der Waals surface area contributed by atoms with Gasteiger partial charge in [-0.1, -0.05) is 39.8 Å². The lowest BCUT2D eigenvalue weighted by Gasteiger charge is -2.26. The van der Waals surface area contributed by atoms with E-state index >= 15 is 0 Å². The predicted octanol–water partition coefficient (Wildman–Crippen LogP) is 2.78. The minimum atomic E-state index is -0.473. The summed E-state index contributed by atoms with van der Waals surface area (Å²) in [4.78, 5) is 4.43. The zero-order valence-corrected chi connectivity index (χ0v) is 12.3. The Kier molecular flexibility index (Phi) is 4.50. The molecule has 1 aromatic rings. The fourth-order valence-corrected chi connectivity index (χ4v) is 1.86. The Bertz CT molecular complexity index is 370. The second kappa shape index (κ2) is 5.36. The van der Waals surface area contributed by atoms with Crippen molar-refractivity contribution in [2.45, 2.75) is 59.1 Å². The van der Waals surface area contributed by atoms with Crippen molar-refractivity contribution >= 4 is 0 Å². The summed E-state index contributed by atoms with van der Waals surface area (Å²) >= 11 is 0. The van der Waals surface area contributed by atoms with Gasteiger partial charge in [0.05, 0.1) is 6.04 Å². The van der Waals surface area contributed by atoms with Crippen LogP contribution in [0.3, 0.4) is 0 Å². The van der Waals surface area contributed by atoms with Gasteiger partial charge < -0.3 is 15.0 Å². The smallest absolute Gasteiger partial charge is 0.244 e. The molecule has 0 aliphatic rings. The zero-order chi connectivity index (χ0) is 14.0. The molecule has 1 heterocycles.